The predicted molar refractivity (Wildman–Crippen MR) is 93.2 cm³/mol. The van der Waals surface area contributed by atoms with Gasteiger partial charge in [-0.15, -0.1) is 0 Å². The number of aromatic nitrogens is 3. The summed E-state index contributed by atoms with van der Waals surface area (Å²) in [5.74, 6) is -0.233. The second-order valence-electron chi connectivity index (χ2n) is 5.94. The van der Waals surface area contributed by atoms with Crippen molar-refractivity contribution in [2.24, 2.45) is 0 Å². The minimum absolute atomic E-state index is 0.233. The van der Waals surface area contributed by atoms with Gasteiger partial charge in [-0.05, 0) is 19.8 Å². The predicted octanol–water partition coefficient (Wildman–Crippen LogP) is 1.69. The van der Waals surface area contributed by atoms with Crippen molar-refractivity contribution in [2.45, 2.75) is 38.8 Å². The van der Waals surface area contributed by atoms with Crippen LogP contribution in [0.2, 0.25) is 0 Å². The molecule has 1 amide bonds. The van der Waals surface area contributed by atoms with Gasteiger partial charge in [0, 0.05) is 38.5 Å². The van der Waals surface area contributed by atoms with Gasteiger partial charge in [0.1, 0.15) is 0 Å². The fourth-order valence-electron chi connectivity index (χ4n) is 2.96. The first-order valence-corrected chi connectivity index (χ1v) is 8.58. The minimum Gasteiger partial charge on any atom is -0.381 e. The molecule has 0 saturated carbocycles. The molecule has 2 aromatic heterocycles. The van der Waals surface area contributed by atoms with Crippen molar-refractivity contribution in [3.05, 3.63) is 18.0 Å². The number of amides is 1. The average Bonchev–Trinajstić information content (AvgIpc) is 3.06. The van der Waals surface area contributed by atoms with E-state index in [1.54, 1.807) is 12.4 Å². The van der Waals surface area contributed by atoms with Crippen LogP contribution in [-0.2, 0) is 11.3 Å². The Morgan fingerprint density at radius 2 is 2.24 bits per heavy atom. The van der Waals surface area contributed by atoms with E-state index in [0.29, 0.717) is 31.9 Å². The van der Waals surface area contributed by atoms with Crippen LogP contribution in [0.1, 0.15) is 36.5 Å². The standard InChI is InChI=1S/C17H22N6O2/c1-2-23-16-13(11-21-23)15(22-12-4-8-25-9-5-12)14(10-20-16)17(24)19-7-3-6-18/h10-12H,2-5,7-9H2,1H3,(H,19,24)(H,20,22). The van der Waals surface area contributed by atoms with Crippen molar-refractivity contribution in [1.82, 2.24) is 20.1 Å². The zero-order valence-electron chi connectivity index (χ0n) is 14.3. The number of rotatable bonds is 6. The molecule has 2 aromatic rings. The first-order chi connectivity index (χ1) is 12.2. The Labute approximate surface area is 146 Å². The fraction of sp³-hybridized carbons (Fsp3) is 0.529. The number of nitrogens with zero attached hydrogens (tertiary/aromatic N) is 4. The summed E-state index contributed by atoms with van der Waals surface area (Å²) in [4.78, 5) is 17.0. The molecule has 1 saturated heterocycles. The van der Waals surface area contributed by atoms with Crippen molar-refractivity contribution in [1.29, 1.82) is 5.26 Å². The van der Waals surface area contributed by atoms with Gasteiger partial charge in [-0.25, -0.2) is 9.67 Å². The number of hydrogen-bond acceptors (Lipinski definition) is 6. The number of aryl methyl sites for hydroxylation is 1. The maximum Gasteiger partial charge on any atom is 0.255 e. The molecule has 0 aliphatic carbocycles. The molecule has 2 N–H and O–H groups in total. The highest BCUT2D eigenvalue weighted by molar-refractivity contribution is 6.06. The third kappa shape index (κ3) is 3.72. The maximum absolute atomic E-state index is 12.5. The molecule has 1 aliphatic rings. The number of pyridine rings is 1. The van der Waals surface area contributed by atoms with Gasteiger partial charge in [0.15, 0.2) is 5.65 Å². The van der Waals surface area contributed by atoms with Gasteiger partial charge in [0.2, 0.25) is 0 Å². The smallest absolute Gasteiger partial charge is 0.255 e. The van der Waals surface area contributed by atoms with Gasteiger partial charge in [-0.3, -0.25) is 4.79 Å². The summed E-state index contributed by atoms with van der Waals surface area (Å²) >= 11 is 0. The normalized spacial score (nSPS) is 15.0. The molecule has 3 heterocycles. The Morgan fingerprint density at radius 3 is 2.96 bits per heavy atom. The van der Waals surface area contributed by atoms with E-state index in [4.69, 9.17) is 10.00 Å². The zero-order valence-corrected chi connectivity index (χ0v) is 14.3. The lowest BCUT2D eigenvalue weighted by atomic mass is 10.1. The molecule has 1 aliphatic heterocycles. The summed E-state index contributed by atoms with van der Waals surface area (Å²) in [5.41, 5.74) is 1.99. The number of fused-ring (bicyclic) bond motifs is 1. The van der Waals surface area contributed by atoms with Crippen LogP contribution in [0.15, 0.2) is 12.4 Å². The second kappa shape index (κ2) is 7.94. The average molecular weight is 342 g/mol. The number of ether oxygens (including phenoxy) is 1. The van der Waals surface area contributed by atoms with E-state index in [2.05, 4.69) is 20.7 Å². The molecule has 132 valence electrons. The molecule has 0 bridgehead atoms. The fourth-order valence-corrected chi connectivity index (χ4v) is 2.96. The van der Waals surface area contributed by atoms with E-state index in [-0.39, 0.29) is 18.4 Å². The van der Waals surface area contributed by atoms with Crippen LogP contribution >= 0.6 is 0 Å². The van der Waals surface area contributed by atoms with Gasteiger partial charge in [-0.2, -0.15) is 10.4 Å². The van der Waals surface area contributed by atoms with Gasteiger partial charge >= 0.3 is 0 Å². The van der Waals surface area contributed by atoms with Crippen molar-refractivity contribution in [2.75, 3.05) is 25.1 Å². The number of anilines is 1. The van der Waals surface area contributed by atoms with E-state index in [0.717, 1.165) is 29.6 Å². The number of hydrogen-bond donors (Lipinski definition) is 2. The number of nitrogens with one attached hydrogen (secondary N) is 2. The minimum atomic E-state index is -0.233. The molecule has 1 fully saturated rings. The Morgan fingerprint density at radius 1 is 1.44 bits per heavy atom. The Balaban J connectivity index is 1.95. The van der Waals surface area contributed by atoms with E-state index >= 15 is 0 Å². The summed E-state index contributed by atoms with van der Waals surface area (Å²) in [6.45, 7) is 4.45. The van der Waals surface area contributed by atoms with E-state index in [9.17, 15) is 4.79 Å². The third-order valence-corrected chi connectivity index (χ3v) is 4.30. The molecular formula is C17H22N6O2. The topological polar surface area (TPSA) is 105 Å². The largest absolute Gasteiger partial charge is 0.381 e. The zero-order chi connectivity index (χ0) is 17.6. The van der Waals surface area contributed by atoms with Gasteiger partial charge < -0.3 is 15.4 Å². The number of carbonyl (C=O) groups is 1. The molecule has 0 atom stereocenters. The molecular weight excluding hydrogens is 320 g/mol. The van der Waals surface area contributed by atoms with E-state index in [1.165, 1.54) is 0 Å². The summed E-state index contributed by atoms with van der Waals surface area (Å²) in [6, 6.07) is 2.27. The van der Waals surface area contributed by atoms with Crippen LogP contribution in [0, 0.1) is 11.3 Å². The molecule has 0 aromatic carbocycles. The van der Waals surface area contributed by atoms with Crippen molar-refractivity contribution in [3.8, 4) is 6.07 Å². The Bertz CT molecular complexity index is 788. The summed E-state index contributed by atoms with van der Waals surface area (Å²) in [7, 11) is 0. The van der Waals surface area contributed by atoms with Crippen LogP contribution in [0.4, 0.5) is 5.69 Å². The first kappa shape index (κ1) is 17.2. The van der Waals surface area contributed by atoms with E-state index in [1.807, 2.05) is 17.7 Å². The monoisotopic (exact) mass is 342 g/mol. The van der Waals surface area contributed by atoms with Crippen LogP contribution < -0.4 is 10.6 Å². The summed E-state index contributed by atoms with van der Waals surface area (Å²) in [6.07, 6.45) is 5.39. The van der Waals surface area contributed by atoms with Crippen molar-refractivity contribution in [3.63, 3.8) is 0 Å². The highest BCUT2D eigenvalue weighted by Gasteiger charge is 2.21. The van der Waals surface area contributed by atoms with Gasteiger partial charge in [-0.1, -0.05) is 0 Å². The lowest BCUT2D eigenvalue weighted by Crippen LogP contribution is -2.30. The SMILES string of the molecule is CCn1ncc2c(NC3CCOCC3)c(C(=O)NCCC#N)cnc21. The molecule has 0 spiro atoms. The molecule has 0 unspecified atom stereocenters. The highest BCUT2D eigenvalue weighted by atomic mass is 16.5. The van der Waals surface area contributed by atoms with Crippen LogP contribution in [0.3, 0.4) is 0 Å². The van der Waals surface area contributed by atoms with E-state index < -0.39 is 0 Å². The summed E-state index contributed by atoms with van der Waals surface area (Å²) < 4.78 is 7.22. The Kier molecular flexibility index (Phi) is 5.46. The molecule has 8 nitrogen and oxygen atoms in total. The third-order valence-electron chi connectivity index (χ3n) is 4.30. The quantitative estimate of drug-likeness (QED) is 0.774. The lowest BCUT2D eigenvalue weighted by Gasteiger charge is -2.25. The van der Waals surface area contributed by atoms with Gasteiger partial charge in [0.05, 0.1) is 35.3 Å². The number of nitriles is 1. The Hall–Kier alpha value is -2.66. The highest BCUT2D eigenvalue weighted by Crippen LogP contribution is 2.28. The molecule has 0 radical (unpaired) electrons. The molecule has 8 heteroatoms. The molecule has 3 rings (SSSR count). The molecule has 25 heavy (non-hydrogen) atoms. The van der Waals surface area contributed by atoms with Crippen LogP contribution in [0.25, 0.3) is 11.0 Å². The first-order valence-electron chi connectivity index (χ1n) is 8.58. The lowest BCUT2D eigenvalue weighted by molar-refractivity contribution is 0.0904. The summed E-state index contributed by atoms with van der Waals surface area (Å²) in [5, 5.41) is 20.1. The van der Waals surface area contributed by atoms with Gasteiger partial charge in [0.25, 0.3) is 5.91 Å². The van der Waals surface area contributed by atoms with Crippen LogP contribution in [0.5, 0.6) is 0 Å². The number of carbonyl (C=O) groups excluding carboxylic acids is 1. The van der Waals surface area contributed by atoms with Crippen LogP contribution in [-0.4, -0.2) is 46.5 Å². The maximum atomic E-state index is 12.5. The van der Waals surface area contributed by atoms with Crippen molar-refractivity contribution >= 4 is 22.6 Å². The van der Waals surface area contributed by atoms with Crippen molar-refractivity contribution < 1.29 is 9.53 Å². The second-order valence-corrected chi connectivity index (χ2v) is 5.94.